The summed E-state index contributed by atoms with van der Waals surface area (Å²) < 4.78 is 0. The molecule has 7 nitrogen and oxygen atoms in total. The molecule has 4 rings (SSSR count). The highest BCUT2D eigenvalue weighted by atomic mass is 16.3. The van der Waals surface area contributed by atoms with E-state index in [2.05, 4.69) is 43.4 Å². The molecule has 3 amide bonds. The molecule has 1 atom stereocenters. The maximum Gasteiger partial charge on any atom is 0.338 e. The molecular weight excluding hydrogens is 488 g/mol. The molecule has 1 unspecified atom stereocenters. The molecule has 1 fully saturated rings. The van der Waals surface area contributed by atoms with Gasteiger partial charge in [0.1, 0.15) is 0 Å². The lowest BCUT2D eigenvalue weighted by atomic mass is 9.84. The minimum absolute atomic E-state index is 0.0698. The summed E-state index contributed by atoms with van der Waals surface area (Å²) in [5.74, 6) is -0.173. The Bertz CT molecular complexity index is 1260. The third-order valence-electron chi connectivity index (χ3n) is 7.97. The number of nitrogens with zero attached hydrogens (tertiary/aromatic N) is 1. The first-order chi connectivity index (χ1) is 18.6. The van der Waals surface area contributed by atoms with Crippen LogP contribution in [0, 0.1) is 5.92 Å². The van der Waals surface area contributed by atoms with Gasteiger partial charge in [-0.05, 0) is 53.9 Å². The van der Waals surface area contributed by atoms with E-state index in [9.17, 15) is 14.7 Å². The summed E-state index contributed by atoms with van der Waals surface area (Å²) in [5.41, 5.74) is 6.79. The summed E-state index contributed by atoms with van der Waals surface area (Å²) in [4.78, 5) is 30.5. The molecule has 3 aromatic rings. The van der Waals surface area contributed by atoms with Crippen LogP contribution in [-0.2, 0) is 11.2 Å². The zero-order valence-electron chi connectivity index (χ0n) is 24.0. The second kappa shape index (κ2) is 12.2. The van der Waals surface area contributed by atoms with Crippen LogP contribution in [-0.4, -0.2) is 39.2 Å². The van der Waals surface area contributed by atoms with Gasteiger partial charge in [0.15, 0.2) is 0 Å². The number of hydrogen-bond acceptors (Lipinski definition) is 3. The number of para-hydroxylation sites is 2. The summed E-state index contributed by atoms with van der Waals surface area (Å²) in [6.07, 6.45) is 6.60. The molecule has 39 heavy (non-hydrogen) atoms. The molecular formula is C32H44N4O3. The van der Waals surface area contributed by atoms with E-state index in [0.717, 1.165) is 52.5 Å². The second-order valence-electron chi connectivity index (χ2n) is 11.9. The number of benzene rings is 2. The van der Waals surface area contributed by atoms with Crippen molar-refractivity contribution in [3.05, 3.63) is 65.4 Å². The summed E-state index contributed by atoms with van der Waals surface area (Å²) in [6.45, 7) is 10.4. The van der Waals surface area contributed by atoms with Gasteiger partial charge in [-0.25, -0.2) is 15.2 Å². The average molecular weight is 533 g/mol. The predicted molar refractivity (Wildman–Crippen MR) is 158 cm³/mol. The third-order valence-corrected chi connectivity index (χ3v) is 7.97. The fraction of sp³-hybridized carbons (Fsp3) is 0.500. The zero-order chi connectivity index (χ0) is 28.2. The van der Waals surface area contributed by atoms with Crippen LogP contribution >= 0.6 is 0 Å². The quantitative estimate of drug-likeness (QED) is 0.239. The Hall–Kier alpha value is -3.32. The number of aromatic nitrogens is 1. The smallest absolute Gasteiger partial charge is 0.338 e. The molecule has 0 spiro atoms. The van der Waals surface area contributed by atoms with Crippen LogP contribution in [0.2, 0.25) is 0 Å². The van der Waals surface area contributed by atoms with Gasteiger partial charge < -0.3 is 15.4 Å². The molecule has 7 heteroatoms. The SMILES string of the molecule is CC(Cc1c[nH]c2ccccc12)C(=O)N(CC1(O)CCCCC1)NC(=O)Nc1c(C(C)C)cccc1C(C)C. The summed E-state index contributed by atoms with van der Waals surface area (Å²) in [6, 6.07) is 13.6. The second-order valence-corrected chi connectivity index (χ2v) is 11.9. The lowest BCUT2D eigenvalue weighted by Gasteiger charge is -2.37. The Morgan fingerprint density at radius 3 is 2.23 bits per heavy atom. The van der Waals surface area contributed by atoms with Crippen LogP contribution in [0.1, 0.15) is 95.2 Å². The van der Waals surface area contributed by atoms with Crippen molar-refractivity contribution in [3.8, 4) is 0 Å². The maximum atomic E-state index is 13.8. The van der Waals surface area contributed by atoms with Gasteiger partial charge >= 0.3 is 6.03 Å². The van der Waals surface area contributed by atoms with Crippen LogP contribution in [0.5, 0.6) is 0 Å². The van der Waals surface area contributed by atoms with Crippen LogP contribution in [0.15, 0.2) is 48.7 Å². The lowest BCUT2D eigenvalue weighted by Crippen LogP contribution is -2.56. The minimum Gasteiger partial charge on any atom is -0.388 e. The highest BCUT2D eigenvalue weighted by Gasteiger charge is 2.35. The molecule has 0 saturated heterocycles. The van der Waals surface area contributed by atoms with Crippen LogP contribution < -0.4 is 10.7 Å². The predicted octanol–water partition coefficient (Wildman–Crippen LogP) is 6.85. The number of amides is 3. The van der Waals surface area contributed by atoms with Crippen molar-refractivity contribution in [2.45, 2.75) is 90.6 Å². The maximum absolute atomic E-state index is 13.8. The van der Waals surface area contributed by atoms with Crippen molar-refractivity contribution >= 4 is 28.5 Å². The van der Waals surface area contributed by atoms with E-state index < -0.39 is 17.6 Å². The molecule has 210 valence electrons. The molecule has 0 aliphatic heterocycles. The Morgan fingerprint density at radius 1 is 0.949 bits per heavy atom. The number of hydrogen-bond donors (Lipinski definition) is 4. The van der Waals surface area contributed by atoms with Crippen molar-refractivity contribution in [2.24, 2.45) is 5.92 Å². The van der Waals surface area contributed by atoms with Gasteiger partial charge in [-0.3, -0.25) is 4.79 Å². The molecule has 0 radical (unpaired) electrons. The molecule has 2 aromatic carbocycles. The number of rotatable bonds is 8. The van der Waals surface area contributed by atoms with Crippen molar-refractivity contribution < 1.29 is 14.7 Å². The Kier molecular flexibility index (Phi) is 9.01. The number of carbonyl (C=O) groups excluding carboxylic acids is 2. The highest BCUT2D eigenvalue weighted by Crippen LogP contribution is 2.33. The fourth-order valence-corrected chi connectivity index (χ4v) is 5.78. The largest absolute Gasteiger partial charge is 0.388 e. The molecule has 1 aliphatic rings. The number of fused-ring (bicyclic) bond motifs is 1. The topological polar surface area (TPSA) is 97.5 Å². The molecule has 1 aliphatic carbocycles. The van der Waals surface area contributed by atoms with E-state index >= 15 is 0 Å². The average Bonchev–Trinajstić information content (AvgIpc) is 3.30. The first kappa shape index (κ1) is 28.7. The molecule has 0 bridgehead atoms. The van der Waals surface area contributed by atoms with Crippen molar-refractivity contribution in [3.63, 3.8) is 0 Å². The molecule has 1 aromatic heterocycles. The minimum atomic E-state index is -1.01. The van der Waals surface area contributed by atoms with Gasteiger partial charge in [-0.1, -0.05) is 90.3 Å². The summed E-state index contributed by atoms with van der Waals surface area (Å²) in [5, 5.41) is 16.8. The van der Waals surface area contributed by atoms with Gasteiger partial charge in [-0.15, -0.1) is 0 Å². The van der Waals surface area contributed by atoms with E-state index in [1.54, 1.807) is 0 Å². The summed E-state index contributed by atoms with van der Waals surface area (Å²) in [7, 11) is 0. The molecule has 1 saturated carbocycles. The Morgan fingerprint density at radius 2 is 1.59 bits per heavy atom. The normalized spacial score (nSPS) is 15.9. The summed E-state index contributed by atoms with van der Waals surface area (Å²) >= 11 is 0. The monoisotopic (exact) mass is 532 g/mol. The number of urea groups is 1. The number of aliphatic hydroxyl groups is 1. The first-order valence-corrected chi connectivity index (χ1v) is 14.4. The van der Waals surface area contributed by atoms with Crippen LogP contribution in [0.25, 0.3) is 10.9 Å². The Balaban J connectivity index is 1.56. The standard InChI is InChI=1S/C32H44N4O3/c1-21(2)25-13-11-14-26(22(3)4)29(25)34-31(38)35-36(20-32(39)16-9-6-10-17-32)30(37)23(5)18-24-19-33-28-15-8-7-12-27(24)28/h7-8,11-15,19,21-23,33,39H,6,9-10,16-18,20H2,1-5H3,(H2,34,35,38). The highest BCUT2D eigenvalue weighted by molar-refractivity contribution is 5.93. The van der Waals surface area contributed by atoms with E-state index in [4.69, 9.17) is 0 Å². The van der Waals surface area contributed by atoms with Crippen molar-refractivity contribution in [1.82, 2.24) is 15.4 Å². The number of anilines is 1. The van der Waals surface area contributed by atoms with E-state index in [1.165, 1.54) is 5.01 Å². The first-order valence-electron chi connectivity index (χ1n) is 14.4. The molecule has 4 N–H and O–H groups in total. The van der Waals surface area contributed by atoms with Gasteiger partial charge in [0, 0.05) is 28.7 Å². The number of hydrazine groups is 1. The number of H-pyrrole nitrogens is 1. The van der Waals surface area contributed by atoms with E-state index in [-0.39, 0.29) is 24.3 Å². The van der Waals surface area contributed by atoms with Gasteiger partial charge in [0.05, 0.1) is 12.1 Å². The van der Waals surface area contributed by atoms with Gasteiger partial charge in [0.25, 0.3) is 0 Å². The van der Waals surface area contributed by atoms with Crippen molar-refractivity contribution in [2.75, 3.05) is 11.9 Å². The van der Waals surface area contributed by atoms with Crippen molar-refractivity contribution in [1.29, 1.82) is 0 Å². The molecule has 1 heterocycles. The number of aromatic amines is 1. The van der Waals surface area contributed by atoms with E-state index in [0.29, 0.717) is 19.3 Å². The van der Waals surface area contributed by atoms with Gasteiger partial charge in [0.2, 0.25) is 5.91 Å². The van der Waals surface area contributed by atoms with Crippen LogP contribution in [0.3, 0.4) is 0 Å². The number of nitrogens with one attached hydrogen (secondary N) is 3. The van der Waals surface area contributed by atoms with E-state index in [1.807, 2.05) is 55.6 Å². The van der Waals surface area contributed by atoms with Gasteiger partial charge in [-0.2, -0.15) is 0 Å². The lowest BCUT2D eigenvalue weighted by molar-refractivity contribution is -0.142. The third kappa shape index (κ3) is 6.82. The Labute approximate surface area is 232 Å². The zero-order valence-corrected chi connectivity index (χ0v) is 24.0. The fourth-order valence-electron chi connectivity index (χ4n) is 5.78. The number of carbonyl (C=O) groups is 2. The van der Waals surface area contributed by atoms with Crippen LogP contribution in [0.4, 0.5) is 10.5 Å².